The number of benzene rings is 1. The van der Waals surface area contributed by atoms with Gasteiger partial charge in [-0.3, -0.25) is 4.79 Å². The summed E-state index contributed by atoms with van der Waals surface area (Å²) in [6.07, 6.45) is 0. The fourth-order valence-electron chi connectivity index (χ4n) is 1.90. The molecule has 0 spiro atoms. The predicted octanol–water partition coefficient (Wildman–Crippen LogP) is 3.31. The highest BCUT2D eigenvalue weighted by Gasteiger charge is 2.18. The fourth-order valence-corrected chi connectivity index (χ4v) is 1.90. The van der Waals surface area contributed by atoms with Crippen molar-refractivity contribution in [3.8, 4) is 0 Å². The Morgan fingerprint density at radius 1 is 1.15 bits per heavy atom. The highest BCUT2D eigenvalue weighted by atomic mass is 19.2. The molecule has 0 aliphatic rings. The first kappa shape index (κ1) is 14.2. The van der Waals surface area contributed by atoms with Gasteiger partial charge in [-0.05, 0) is 32.0 Å². The monoisotopic (exact) mass is 282 g/mol. The summed E-state index contributed by atoms with van der Waals surface area (Å²) < 4.78 is 41.2. The van der Waals surface area contributed by atoms with Crippen LogP contribution in [0.3, 0.4) is 0 Å². The zero-order valence-electron chi connectivity index (χ0n) is 11.2. The molecule has 1 aromatic carbocycles. The number of amides is 1. The maximum Gasteiger partial charge on any atom is 0.257 e. The summed E-state index contributed by atoms with van der Waals surface area (Å²) in [4.78, 5) is 12.0. The molecule has 0 unspecified atom stereocenters. The maximum absolute atomic E-state index is 13.5. The van der Waals surface area contributed by atoms with Gasteiger partial charge in [-0.2, -0.15) is 0 Å². The molecule has 2 aromatic rings. The second-order valence-electron chi connectivity index (χ2n) is 4.52. The Morgan fingerprint density at radius 3 is 2.35 bits per heavy atom. The molecule has 1 N–H and O–H groups in total. The Morgan fingerprint density at radius 2 is 1.80 bits per heavy atom. The van der Waals surface area contributed by atoms with Crippen molar-refractivity contribution in [1.82, 2.24) is 4.57 Å². The second-order valence-corrected chi connectivity index (χ2v) is 4.52. The minimum absolute atomic E-state index is 0.356. The lowest BCUT2D eigenvalue weighted by Gasteiger charge is -2.07. The van der Waals surface area contributed by atoms with E-state index in [-0.39, 0.29) is 0 Å². The number of hydrogen-bond donors (Lipinski definition) is 1. The van der Waals surface area contributed by atoms with E-state index in [0.29, 0.717) is 11.3 Å². The largest absolute Gasteiger partial charge is 0.351 e. The Balaban J connectivity index is 2.33. The highest BCUT2D eigenvalue weighted by molar-refractivity contribution is 6.05. The van der Waals surface area contributed by atoms with E-state index in [4.69, 9.17) is 0 Å². The van der Waals surface area contributed by atoms with Gasteiger partial charge in [0.15, 0.2) is 17.5 Å². The van der Waals surface area contributed by atoms with E-state index in [9.17, 15) is 18.0 Å². The molecule has 0 aliphatic carbocycles. The van der Waals surface area contributed by atoms with Crippen molar-refractivity contribution in [3.63, 3.8) is 0 Å². The Hall–Kier alpha value is -2.24. The van der Waals surface area contributed by atoms with Crippen LogP contribution in [-0.4, -0.2) is 10.5 Å². The summed E-state index contributed by atoms with van der Waals surface area (Å²) >= 11 is 0. The van der Waals surface area contributed by atoms with Gasteiger partial charge < -0.3 is 9.88 Å². The molecular weight excluding hydrogens is 269 g/mol. The third kappa shape index (κ3) is 2.29. The van der Waals surface area contributed by atoms with Crippen molar-refractivity contribution in [1.29, 1.82) is 0 Å². The fraction of sp³-hybridized carbons (Fsp3) is 0.214. The standard InChI is InChI=1S/C14H13F3N2O/c1-7-6-9(8(2)19(7)3)14(20)18-11-5-4-10(15)12(16)13(11)17/h4-6H,1-3H3,(H,18,20). The van der Waals surface area contributed by atoms with Crippen molar-refractivity contribution < 1.29 is 18.0 Å². The Labute approximate surface area is 114 Å². The molecule has 0 radical (unpaired) electrons. The number of anilines is 1. The number of rotatable bonds is 2. The number of nitrogens with one attached hydrogen (secondary N) is 1. The van der Waals surface area contributed by atoms with Crippen LogP contribution in [0.15, 0.2) is 18.2 Å². The number of carbonyl (C=O) groups excluding carboxylic acids is 1. The van der Waals surface area contributed by atoms with Crippen molar-refractivity contribution in [2.24, 2.45) is 7.05 Å². The molecule has 1 amide bonds. The summed E-state index contributed by atoms with van der Waals surface area (Å²) in [5.74, 6) is -4.89. The van der Waals surface area contributed by atoms with Crippen molar-refractivity contribution in [3.05, 3.63) is 52.6 Å². The van der Waals surface area contributed by atoms with Gasteiger partial charge in [-0.15, -0.1) is 0 Å². The molecule has 0 aliphatic heterocycles. The van der Waals surface area contributed by atoms with Crippen LogP contribution >= 0.6 is 0 Å². The first-order valence-electron chi connectivity index (χ1n) is 5.90. The normalized spacial score (nSPS) is 10.7. The van der Waals surface area contributed by atoms with E-state index >= 15 is 0 Å². The van der Waals surface area contributed by atoms with Gasteiger partial charge in [0.25, 0.3) is 5.91 Å². The molecule has 0 saturated heterocycles. The van der Waals surface area contributed by atoms with Crippen LogP contribution in [0, 0.1) is 31.3 Å². The minimum atomic E-state index is -1.61. The van der Waals surface area contributed by atoms with Crippen LogP contribution in [0.5, 0.6) is 0 Å². The first-order chi connectivity index (χ1) is 9.32. The lowest BCUT2D eigenvalue weighted by Crippen LogP contribution is -2.14. The number of aryl methyl sites for hydroxylation is 1. The van der Waals surface area contributed by atoms with Crippen LogP contribution in [0.1, 0.15) is 21.7 Å². The average molecular weight is 282 g/mol. The molecule has 0 bridgehead atoms. The number of aromatic nitrogens is 1. The van der Waals surface area contributed by atoms with E-state index in [0.717, 1.165) is 17.8 Å². The topological polar surface area (TPSA) is 34.0 Å². The van der Waals surface area contributed by atoms with E-state index in [1.54, 1.807) is 24.6 Å². The quantitative estimate of drug-likeness (QED) is 0.842. The smallest absolute Gasteiger partial charge is 0.257 e. The van der Waals surface area contributed by atoms with E-state index < -0.39 is 29.0 Å². The molecule has 0 saturated carbocycles. The SMILES string of the molecule is Cc1cc(C(=O)Nc2ccc(F)c(F)c2F)c(C)n1C. The number of halogens is 3. The van der Waals surface area contributed by atoms with Crippen molar-refractivity contribution >= 4 is 11.6 Å². The molecule has 0 fully saturated rings. The van der Waals surface area contributed by atoms with Crippen LogP contribution in [-0.2, 0) is 7.05 Å². The number of hydrogen-bond acceptors (Lipinski definition) is 1. The molecule has 0 atom stereocenters. The molecule has 1 aromatic heterocycles. The van der Waals surface area contributed by atoms with Gasteiger partial charge in [-0.1, -0.05) is 0 Å². The van der Waals surface area contributed by atoms with Gasteiger partial charge in [0.05, 0.1) is 11.3 Å². The van der Waals surface area contributed by atoms with Crippen LogP contribution < -0.4 is 5.32 Å². The molecule has 2 rings (SSSR count). The van der Waals surface area contributed by atoms with E-state index in [1.165, 1.54) is 0 Å². The van der Waals surface area contributed by atoms with Gasteiger partial charge in [0.1, 0.15) is 0 Å². The van der Waals surface area contributed by atoms with Crippen LogP contribution in [0.2, 0.25) is 0 Å². The van der Waals surface area contributed by atoms with E-state index in [1.807, 2.05) is 6.92 Å². The third-order valence-electron chi connectivity index (χ3n) is 3.30. The summed E-state index contributed by atoms with van der Waals surface area (Å²) in [5.41, 5.74) is 1.52. The van der Waals surface area contributed by atoms with Crippen molar-refractivity contribution in [2.45, 2.75) is 13.8 Å². The molecule has 106 valence electrons. The average Bonchev–Trinajstić information content (AvgIpc) is 2.67. The summed E-state index contributed by atoms with van der Waals surface area (Å²) in [5, 5.41) is 2.24. The maximum atomic E-state index is 13.5. The zero-order valence-corrected chi connectivity index (χ0v) is 11.2. The Kier molecular flexibility index (Phi) is 3.57. The number of nitrogens with zero attached hydrogens (tertiary/aromatic N) is 1. The molecule has 1 heterocycles. The molecule has 6 heteroatoms. The first-order valence-corrected chi connectivity index (χ1v) is 5.90. The minimum Gasteiger partial charge on any atom is -0.351 e. The predicted molar refractivity (Wildman–Crippen MR) is 69.2 cm³/mol. The molecular formula is C14H13F3N2O. The summed E-state index contributed by atoms with van der Waals surface area (Å²) in [6, 6.07) is 3.39. The van der Waals surface area contributed by atoms with Crippen LogP contribution in [0.4, 0.5) is 18.9 Å². The van der Waals surface area contributed by atoms with Gasteiger partial charge >= 0.3 is 0 Å². The van der Waals surface area contributed by atoms with Gasteiger partial charge in [-0.25, -0.2) is 13.2 Å². The van der Waals surface area contributed by atoms with Crippen molar-refractivity contribution in [2.75, 3.05) is 5.32 Å². The lowest BCUT2D eigenvalue weighted by molar-refractivity contribution is 0.102. The zero-order chi connectivity index (χ0) is 15.0. The molecule has 3 nitrogen and oxygen atoms in total. The number of carbonyl (C=O) groups is 1. The lowest BCUT2D eigenvalue weighted by atomic mass is 10.2. The summed E-state index contributed by atoms with van der Waals surface area (Å²) in [6.45, 7) is 3.56. The Bertz CT molecular complexity index is 692. The summed E-state index contributed by atoms with van der Waals surface area (Å²) in [7, 11) is 1.79. The third-order valence-corrected chi connectivity index (χ3v) is 3.30. The van der Waals surface area contributed by atoms with Gasteiger partial charge in [0, 0.05) is 18.4 Å². The molecule has 20 heavy (non-hydrogen) atoms. The van der Waals surface area contributed by atoms with Gasteiger partial charge in [0.2, 0.25) is 0 Å². The van der Waals surface area contributed by atoms with E-state index in [2.05, 4.69) is 5.32 Å². The van der Waals surface area contributed by atoms with Crippen LogP contribution in [0.25, 0.3) is 0 Å². The highest BCUT2D eigenvalue weighted by Crippen LogP contribution is 2.21. The second kappa shape index (κ2) is 5.03.